The van der Waals surface area contributed by atoms with Gasteiger partial charge in [0.2, 0.25) is 5.91 Å². The van der Waals surface area contributed by atoms with Crippen molar-refractivity contribution >= 4 is 16.8 Å². The predicted molar refractivity (Wildman–Crippen MR) is 119 cm³/mol. The molecule has 1 amide bonds. The summed E-state index contributed by atoms with van der Waals surface area (Å²) in [5.74, 6) is 1.17. The van der Waals surface area contributed by atoms with Crippen LogP contribution in [0.25, 0.3) is 10.9 Å². The minimum Gasteiger partial charge on any atom is -0.383 e. The smallest absolute Gasteiger partial charge is 0.345 e. The van der Waals surface area contributed by atoms with E-state index < -0.39 is 0 Å². The Hall–Kier alpha value is -2.87. The average Bonchev–Trinajstić information content (AvgIpc) is 3.21. The van der Waals surface area contributed by atoms with Gasteiger partial charge in [-0.05, 0) is 49.8 Å². The maximum absolute atomic E-state index is 12.5. The minimum atomic E-state index is -0.0777. The number of nitrogens with zero attached hydrogens (tertiary/aromatic N) is 3. The van der Waals surface area contributed by atoms with Gasteiger partial charge in [0.05, 0.1) is 13.2 Å². The lowest BCUT2D eigenvalue weighted by Gasteiger charge is -2.13. The van der Waals surface area contributed by atoms with Gasteiger partial charge < -0.3 is 15.0 Å². The molecule has 166 valence electrons. The van der Waals surface area contributed by atoms with Crippen LogP contribution in [0.2, 0.25) is 0 Å². The van der Waals surface area contributed by atoms with Gasteiger partial charge in [0.25, 0.3) is 0 Å². The summed E-state index contributed by atoms with van der Waals surface area (Å²) in [7, 11) is 1.61. The highest BCUT2D eigenvalue weighted by Crippen LogP contribution is 2.22. The Labute approximate surface area is 181 Å². The lowest BCUT2D eigenvalue weighted by atomic mass is 9.96. The number of ether oxygens (including phenoxy) is 1. The number of H-pyrrole nitrogens is 1. The summed E-state index contributed by atoms with van der Waals surface area (Å²) in [5, 5.41) is 8.75. The number of hydrogen-bond donors (Lipinski definition) is 2. The van der Waals surface area contributed by atoms with Crippen LogP contribution in [0.3, 0.4) is 0 Å². The number of carbonyl (C=O) groups is 1. The van der Waals surface area contributed by atoms with Gasteiger partial charge in [0.1, 0.15) is 5.82 Å². The molecule has 1 aliphatic heterocycles. The first-order valence-electron chi connectivity index (χ1n) is 11.0. The summed E-state index contributed by atoms with van der Waals surface area (Å²) in [5.41, 5.74) is 3.51. The molecule has 1 aromatic carbocycles. The Morgan fingerprint density at radius 1 is 1.35 bits per heavy atom. The highest BCUT2D eigenvalue weighted by atomic mass is 16.5. The van der Waals surface area contributed by atoms with Crippen LogP contribution in [0.5, 0.6) is 0 Å². The Morgan fingerprint density at radius 2 is 2.23 bits per heavy atom. The molecule has 1 aliphatic rings. The van der Waals surface area contributed by atoms with Gasteiger partial charge in [0.15, 0.2) is 0 Å². The molecule has 0 aliphatic carbocycles. The van der Waals surface area contributed by atoms with E-state index in [9.17, 15) is 9.59 Å². The lowest BCUT2D eigenvalue weighted by Crippen LogP contribution is -2.29. The van der Waals surface area contributed by atoms with Crippen molar-refractivity contribution < 1.29 is 9.53 Å². The zero-order valence-electron chi connectivity index (χ0n) is 18.3. The summed E-state index contributed by atoms with van der Waals surface area (Å²) in [6.45, 7) is 4.27. The Balaban J connectivity index is 1.26. The second kappa shape index (κ2) is 9.51. The number of hydrogen-bond acceptors (Lipinski definition) is 4. The van der Waals surface area contributed by atoms with Gasteiger partial charge in [-0.3, -0.25) is 9.36 Å². The van der Waals surface area contributed by atoms with Crippen molar-refractivity contribution in [2.24, 2.45) is 5.92 Å². The molecule has 1 unspecified atom stereocenters. The maximum Gasteiger partial charge on any atom is 0.345 e. The standard InChI is InChI=1S/C23H31N5O3/c1-16-3-5-20-19(13-16)18(15-25-20)7-9-24-22(29)14-17-4-6-21-26-28(11-12-31-2)23(30)27(21)10-8-17/h3,5,13,15,17,25H,4,6-12,14H2,1-2H3,(H,24,29). The highest BCUT2D eigenvalue weighted by Gasteiger charge is 2.22. The van der Waals surface area contributed by atoms with E-state index in [2.05, 4.69) is 40.5 Å². The molecule has 0 saturated heterocycles. The second-order valence-corrected chi connectivity index (χ2v) is 8.43. The number of nitrogens with one attached hydrogen (secondary N) is 2. The fourth-order valence-electron chi connectivity index (χ4n) is 4.38. The normalized spacial score (nSPS) is 16.3. The summed E-state index contributed by atoms with van der Waals surface area (Å²) in [4.78, 5) is 28.3. The molecule has 3 heterocycles. The van der Waals surface area contributed by atoms with Crippen LogP contribution >= 0.6 is 0 Å². The molecule has 31 heavy (non-hydrogen) atoms. The molecule has 8 heteroatoms. The second-order valence-electron chi connectivity index (χ2n) is 8.43. The number of fused-ring (bicyclic) bond motifs is 2. The first-order chi connectivity index (χ1) is 15.0. The summed E-state index contributed by atoms with van der Waals surface area (Å²) < 4.78 is 8.29. The van der Waals surface area contributed by atoms with Crippen LogP contribution in [0, 0.1) is 12.8 Å². The van der Waals surface area contributed by atoms with E-state index in [1.54, 1.807) is 11.7 Å². The summed E-state index contributed by atoms with van der Waals surface area (Å²) in [6, 6.07) is 6.37. The third-order valence-corrected chi connectivity index (χ3v) is 6.16. The average molecular weight is 426 g/mol. The van der Waals surface area contributed by atoms with E-state index in [4.69, 9.17) is 4.74 Å². The molecular weight excluding hydrogens is 394 g/mol. The summed E-state index contributed by atoms with van der Waals surface area (Å²) in [6.07, 6.45) is 5.74. The van der Waals surface area contributed by atoms with Crippen molar-refractivity contribution in [3.8, 4) is 0 Å². The zero-order valence-corrected chi connectivity index (χ0v) is 18.3. The minimum absolute atomic E-state index is 0.0777. The Morgan fingerprint density at radius 3 is 3.06 bits per heavy atom. The largest absolute Gasteiger partial charge is 0.383 e. The van der Waals surface area contributed by atoms with Crippen LogP contribution < -0.4 is 11.0 Å². The molecule has 0 fully saturated rings. The van der Waals surface area contributed by atoms with E-state index in [1.165, 1.54) is 21.2 Å². The van der Waals surface area contributed by atoms with E-state index in [0.717, 1.165) is 37.0 Å². The van der Waals surface area contributed by atoms with Crippen molar-refractivity contribution in [3.05, 3.63) is 51.8 Å². The summed E-state index contributed by atoms with van der Waals surface area (Å²) >= 11 is 0. The number of rotatable bonds is 8. The third-order valence-electron chi connectivity index (χ3n) is 6.16. The SMILES string of the molecule is COCCn1nc2n(c1=O)CCC(CC(=O)NCCc1c[nH]c3ccc(C)cc13)CC2. The van der Waals surface area contributed by atoms with Gasteiger partial charge >= 0.3 is 5.69 Å². The highest BCUT2D eigenvalue weighted by molar-refractivity contribution is 5.84. The van der Waals surface area contributed by atoms with E-state index in [0.29, 0.717) is 32.7 Å². The fourth-order valence-corrected chi connectivity index (χ4v) is 4.38. The van der Waals surface area contributed by atoms with Gasteiger partial charge in [-0.1, -0.05) is 11.6 Å². The quantitative estimate of drug-likeness (QED) is 0.578. The van der Waals surface area contributed by atoms with Crippen molar-refractivity contribution in [3.63, 3.8) is 0 Å². The number of benzene rings is 1. The topological polar surface area (TPSA) is 93.9 Å². The molecule has 3 aromatic rings. The number of methoxy groups -OCH3 is 1. The van der Waals surface area contributed by atoms with Gasteiger partial charge in [0, 0.05) is 50.1 Å². The molecule has 1 atom stereocenters. The van der Waals surface area contributed by atoms with Crippen molar-refractivity contribution in [1.29, 1.82) is 0 Å². The third kappa shape index (κ3) is 4.90. The Kier molecular flexibility index (Phi) is 6.56. The maximum atomic E-state index is 12.5. The number of carbonyl (C=O) groups excluding carboxylic acids is 1. The molecule has 2 N–H and O–H groups in total. The first kappa shape index (κ1) is 21.4. The molecular formula is C23H31N5O3. The van der Waals surface area contributed by atoms with Gasteiger partial charge in [-0.15, -0.1) is 0 Å². The number of aromatic nitrogens is 4. The van der Waals surface area contributed by atoms with Gasteiger partial charge in [-0.25, -0.2) is 9.48 Å². The van der Waals surface area contributed by atoms with Gasteiger partial charge in [-0.2, -0.15) is 5.10 Å². The first-order valence-corrected chi connectivity index (χ1v) is 11.0. The lowest BCUT2D eigenvalue weighted by molar-refractivity contribution is -0.122. The van der Waals surface area contributed by atoms with Crippen LogP contribution in [0.4, 0.5) is 0 Å². The zero-order chi connectivity index (χ0) is 21.8. The van der Waals surface area contributed by atoms with Crippen molar-refractivity contribution in [2.45, 2.75) is 52.1 Å². The van der Waals surface area contributed by atoms with Crippen molar-refractivity contribution in [2.75, 3.05) is 20.3 Å². The molecule has 0 radical (unpaired) electrons. The number of amides is 1. The molecule has 8 nitrogen and oxygen atoms in total. The fraction of sp³-hybridized carbons (Fsp3) is 0.522. The number of aromatic amines is 1. The van der Waals surface area contributed by atoms with E-state index in [-0.39, 0.29) is 17.5 Å². The van der Waals surface area contributed by atoms with Crippen LogP contribution in [-0.4, -0.2) is 45.5 Å². The van der Waals surface area contributed by atoms with Crippen LogP contribution in [-0.2, 0) is 35.5 Å². The Bertz CT molecular complexity index is 1110. The van der Waals surface area contributed by atoms with Crippen molar-refractivity contribution in [1.82, 2.24) is 24.6 Å². The van der Waals surface area contributed by atoms with E-state index in [1.807, 2.05) is 6.20 Å². The predicted octanol–water partition coefficient (Wildman–Crippen LogP) is 2.18. The van der Waals surface area contributed by atoms with Crippen LogP contribution in [0.1, 0.15) is 36.2 Å². The molecule has 0 bridgehead atoms. The molecule has 4 rings (SSSR count). The number of aryl methyl sites for hydroxylation is 2. The molecule has 2 aromatic heterocycles. The monoisotopic (exact) mass is 425 g/mol. The molecule has 0 spiro atoms. The van der Waals surface area contributed by atoms with Crippen LogP contribution in [0.15, 0.2) is 29.2 Å². The molecule has 0 saturated carbocycles. The van der Waals surface area contributed by atoms with E-state index >= 15 is 0 Å².